The van der Waals surface area contributed by atoms with Crippen molar-refractivity contribution in [3.05, 3.63) is 107 Å². The first kappa shape index (κ1) is 20.7. The first-order valence-corrected chi connectivity index (χ1v) is 11.6. The van der Waals surface area contributed by atoms with E-state index in [2.05, 4.69) is 86.7 Å². The maximum atomic E-state index is 4.74. The third-order valence-electron chi connectivity index (χ3n) is 6.86. The molecule has 30 heavy (non-hydrogen) atoms. The van der Waals surface area contributed by atoms with Gasteiger partial charge in [0, 0.05) is 0 Å². The third kappa shape index (κ3) is 4.29. The summed E-state index contributed by atoms with van der Waals surface area (Å²) in [5.74, 6) is 1.44. The highest BCUT2D eigenvalue weighted by Crippen LogP contribution is 2.49. The van der Waals surface area contributed by atoms with Crippen molar-refractivity contribution in [1.82, 2.24) is 0 Å². The van der Waals surface area contributed by atoms with Crippen LogP contribution in [-0.4, -0.2) is 0 Å². The standard InChI is InChI=1S/C30H34/c1-4-12-27-21-28(25-14-7-5-8-15-25)30(26-16-9-6-10-17-26)29(27)23(3)24-18-11-13-22(2)19-20-24/h4-10,12,14-17,22,24H,3,11,13,18-21H2,1-2H3/b12-4-. The largest absolute Gasteiger partial charge is 0.0949 e. The Morgan fingerprint density at radius 1 is 0.867 bits per heavy atom. The molecule has 1 saturated carbocycles. The molecule has 0 spiro atoms. The van der Waals surface area contributed by atoms with Crippen molar-refractivity contribution in [2.24, 2.45) is 11.8 Å². The monoisotopic (exact) mass is 394 g/mol. The zero-order valence-corrected chi connectivity index (χ0v) is 18.5. The molecular formula is C30H34. The van der Waals surface area contributed by atoms with Gasteiger partial charge in [-0.05, 0) is 77.0 Å². The van der Waals surface area contributed by atoms with E-state index in [4.69, 9.17) is 6.58 Å². The van der Waals surface area contributed by atoms with Crippen LogP contribution in [0.15, 0.2) is 96.1 Å². The van der Waals surface area contributed by atoms with Crippen molar-refractivity contribution in [2.45, 2.75) is 52.4 Å². The molecule has 0 amide bonds. The molecule has 2 unspecified atom stereocenters. The quantitative estimate of drug-likeness (QED) is 0.445. The summed E-state index contributed by atoms with van der Waals surface area (Å²) < 4.78 is 0. The van der Waals surface area contributed by atoms with Crippen LogP contribution >= 0.6 is 0 Å². The van der Waals surface area contributed by atoms with Crippen molar-refractivity contribution in [1.29, 1.82) is 0 Å². The lowest BCUT2D eigenvalue weighted by molar-refractivity contribution is 0.489. The van der Waals surface area contributed by atoms with Gasteiger partial charge in [0.05, 0.1) is 0 Å². The summed E-state index contributed by atoms with van der Waals surface area (Å²) in [4.78, 5) is 0. The van der Waals surface area contributed by atoms with Crippen molar-refractivity contribution in [3.63, 3.8) is 0 Å². The van der Waals surface area contributed by atoms with E-state index in [9.17, 15) is 0 Å². The van der Waals surface area contributed by atoms with Crippen LogP contribution in [0.2, 0.25) is 0 Å². The number of allylic oxidation sites excluding steroid dienone is 7. The highest BCUT2D eigenvalue weighted by molar-refractivity contribution is 6.05. The van der Waals surface area contributed by atoms with E-state index in [-0.39, 0.29) is 0 Å². The van der Waals surface area contributed by atoms with Gasteiger partial charge in [-0.1, -0.05) is 106 Å². The molecule has 2 atom stereocenters. The van der Waals surface area contributed by atoms with E-state index in [0.29, 0.717) is 5.92 Å². The SMILES string of the molecule is C=C(C1=C(/C=C\C)CC(c2ccccc2)=C1c1ccccc1)C1CCCC(C)CC1. The summed E-state index contributed by atoms with van der Waals surface area (Å²) in [5, 5.41) is 0. The molecule has 4 rings (SSSR count). The topological polar surface area (TPSA) is 0 Å². The zero-order chi connectivity index (χ0) is 20.9. The Bertz CT molecular complexity index is 969. The molecule has 2 aliphatic rings. The molecular weight excluding hydrogens is 360 g/mol. The van der Waals surface area contributed by atoms with Crippen molar-refractivity contribution < 1.29 is 0 Å². The molecule has 0 bridgehead atoms. The first-order chi connectivity index (χ1) is 14.7. The van der Waals surface area contributed by atoms with E-state index in [0.717, 1.165) is 12.3 Å². The lowest BCUT2D eigenvalue weighted by Crippen LogP contribution is -2.07. The molecule has 154 valence electrons. The normalized spacial score (nSPS) is 22.6. The van der Waals surface area contributed by atoms with Gasteiger partial charge < -0.3 is 0 Å². The van der Waals surface area contributed by atoms with Gasteiger partial charge in [-0.25, -0.2) is 0 Å². The summed E-state index contributed by atoms with van der Waals surface area (Å²) in [6.07, 6.45) is 12.1. The fourth-order valence-corrected chi connectivity index (χ4v) is 5.24. The fourth-order valence-electron chi connectivity index (χ4n) is 5.24. The predicted octanol–water partition coefficient (Wildman–Crippen LogP) is 8.65. The Kier molecular flexibility index (Phi) is 6.53. The predicted molar refractivity (Wildman–Crippen MR) is 131 cm³/mol. The van der Waals surface area contributed by atoms with Crippen LogP contribution in [0.25, 0.3) is 11.1 Å². The lowest BCUT2D eigenvalue weighted by Gasteiger charge is -2.22. The second kappa shape index (κ2) is 9.47. The highest BCUT2D eigenvalue weighted by Gasteiger charge is 2.30. The minimum absolute atomic E-state index is 0.596. The molecule has 0 N–H and O–H groups in total. The van der Waals surface area contributed by atoms with Crippen LogP contribution in [0.4, 0.5) is 0 Å². The Labute approximate surface area is 182 Å². The number of rotatable bonds is 5. The summed E-state index contributed by atoms with van der Waals surface area (Å²) in [7, 11) is 0. The van der Waals surface area contributed by atoms with Crippen molar-refractivity contribution in [2.75, 3.05) is 0 Å². The molecule has 0 nitrogen and oxygen atoms in total. The average Bonchev–Trinajstić information content (AvgIpc) is 3.02. The number of hydrogen-bond acceptors (Lipinski definition) is 0. The summed E-state index contributed by atoms with van der Waals surface area (Å²) >= 11 is 0. The van der Waals surface area contributed by atoms with Gasteiger partial charge in [-0.15, -0.1) is 0 Å². The smallest absolute Gasteiger partial charge is 0.000729 e. The minimum atomic E-state index is 0.596. The first-order valence-electron chi connectivity index (χ1n) is 11.6. The van der Waals surface area contributed by atoms with Crippen molar-refractivity contribution >= 4 is 11.1 Å². The third-order valence-corrected chi connectivity index (χ3v) is 6.86. The second-order valence-electron chi connectivity index (χ2n) is 9.00. The van der Waals surface area contributed by atoms with Crippen LogP contribution in [0.5, 0.6) is 0 Å². The molecule has 0 saturated heterocycles. The molecule has 2 aliphatic carbocycles. The van der Waals surface area contributed by atoms with Gasteiger partial charge in [0.15, 0.2) is 0 Å². The maximum Gasteiger partial charge on any atom is -0.000729 e. The fraction of sp³-hybridized carbons (Fsp3) is 0.333. The van der Waals surface area contributed by atoms with E-state index in [1.165, 1.54) is 71.1 Å². The van der Waals surface area contributed by atoms with Gasteiger partial charge in [-0.2, -0.15) is 0 Å². The van der Waals surface area contributed by atoms with Crippen LogP contribution in [0, 0.1) is 11.8 Å². The zero-order valence-electron chi connectivity index (χ0n) is 18.5. The Morgan fingerprint density at radius 2 is 1.53 bits per heavy atom. The van der Waals surface area contributed by atoms with Gasteiger partial charge in [0.1, 0.15) is 0 Å². The molecule has 0 radical (unpaired) electrons. The molecule has 0 heterocycles. The molecule has 0 heteroatoms. The average molecular weight is 395 g/mol. The molecule has 2 aromatic rings. The van der Waals surface area contributed by atoms with Gasteiger partial charge in [0.25, 0.3) is 0 Å². The summed E-state index contributed by atoms with van der Waals surface area (Å²) in [6, 6.07) is 21.9. The van der Waals surface area contributed by atoms with Crippen LogP contribution in [-0.2, 0) is 0 Å². The molecule has 2 aromatic carbocycles. The van der Waals surface area contributed by atoms with Crippen molar-refractivity contribution in [3.8, 4) is 0 Å². The van der Waals surface area contributed by atoms with E-state index in [1.807, 2.05) is 0 Å². The van der Waals surface area contributed by atoms with E-state index >= 15 is 0 Å². The van der Waals surface area contributed by atoms with E-state index in [1.54, 1.807) is 0 Å². The van der Waals surface area contributed by atoms with Gasteiger partial charge in [0.2, 0.25) is 0 Å². The second-order valence-corrected chi connectivity index (χ2v) is 9.00. The lowest BCUT2D eigenvalue weighted by atomic mass is 9.82. The Balaban J connectivity index is 1.84. The van der Waals surface area contributed by atoms with Crippen LogP contribution < -0.4 is 0 Å². The minimum Gasteiger partial charge on any atom is -0.0949 e. The summed E-state index contributed by atoms with van der Waals surface area (Å²) in [6.45, 7) is 9.28. The molecule has 1 fully saturated rings. The van der Waals surface area contributed by atoms with Crippen LogP contribution in [0.1, 0.15) is 63.5 Å². The molecule has 0 aromatic heterocycles. The number of hydrogen-bond donors (Lipinski definition) is 0. The van der Waals surface area contributed by atoms with Gasteiger partial charge in [-0.3, -0.25) is 0 Å². The maximum absolute atomic E-state index is 4.74. The van der Waals surface area contributed by atoms with E-state index < -0.39 is 0 Å². The Hall–Kier alpha value is -2.60. The highest BCUT2D eigenvalue weighted by atomic mass is 14.3. The Morgan fingerprint density at radius 3 is 2.20 bits per heavy atom. The summed E-state index contributed by atoms with van der Waals surface area (Å²) in [5.41, 5.74) is 9.69. The van der Waals surface area contributed by atoms with Crippen LogP contribution in [0.3, 0.4) is 0 Å². The molecule has 0 aliphatic heterocycles. The number of benzene rings is 2. The van der Waals surface area contributed by atoms with Gasteiger partial charge >= 0.3 is 0 Å².